The molecule has 1 aromatic carbocycles. The van der Waals surface area contributed by atoms with E-state index in [0.717, 1.165) is 17.7 Å². The van der Waals surface area contributed by atoms with Crippen molar-refractivity contribution in [3.8, 4) is 0 Å². The van der Waals surface area contributed by atoms with E-state index >= 15 is 0 Å². The average molecular weight is 236 g/mol. The van der Waals surface area contributed by atoms with Crippen molar-refractivity contribution in [3.63, 3.8) is 0 Å². The van der Waals surface area contributed by atoms with Gasteiger partial charge in [0.25, 0.3) is 5.69 Å². The second-order valence-electron chi connectivity index (χ2n) is 4.66. The summed E-state index contributed by atoms with van der Waals surface area (Å²) in [6.07, 6.45) is 0.732. The molecule has 1 aliphatic rings. The Kier molecular flexibility index (Phi) is 2.79. The van der Waals surface area contributed by atoms with Crippen LogP contribution in [0.25, 0.3) is 0 Å². The van der Waals surface area contributed by atoms with Crippen LogP contribution in [0.15, 0.2) is 18.2 Å². The molecule has 1 saturated heterocycles. The fourth-order valence-corrected chi connectivity index (χ4v) is 2.17. The number of aliphatic hydroxyl groups is 1. The Morgan fingerprint density at radius 2 is 2.18 bits per heavy atom. The fraction of sp³-hybridized carbons (Fsp3) is 0.500. The van der Waals surface area contributed by atoms with Gasteiger partial charge in [0, 0.05) is 30.9 Å². The molecular weight excluding hydrogens is 220 g/mol. The van der Waals surface area contributed by atoms with E-state index in [2.05, 4.69) is 0 Å². The van der Waals surface area contributed by atoms with E-state index < -0.39 is 10.5 Å². The van der Waals surface area contributed by atoms with Crippen LogP contribution in [0.2, 0.25) is 0 Å². The first-order chi connectivity index (χ1) is 7.95. The van der Waals surface area contributed by atoms with Gasteiger partial charge in [0.2, 0.25) is 0 Å². The molecule has 0 aromatic heterocycles. The largest absolute Gasteiger partial charge is 0.386 e. The number of nitro groups is 1. The first kappa shape index (κ1) is 11.9. The minimum Gasteiger partial charge on any atom is -0.386 e. The number of nitrogens with zero attached hydrogens (tertiary/aromatic N) is 2. The van der Waals surface area contributed by atoms with Crippen LogP contribution in [0.4, 0.5) is 11.4 Å². The standard InChI is InChI=1S/C12H16N2O3/c1-3-12(15)7-13(8-12)11-5-4-10(14(16)17)6-9(11)2/h4-6,15H,3,7-8H2,1-2H3. The molecular formula is C12H16N2O3. The van der Waals surface area contributed by atoms with Crippen molar-refractivity contribution < 1.29 is 10.0 Å². The normalized spacial score (nSPS) is 17.7. The Bertz CT molecular complexity index is 453. The predicted octanol–water partition coefficient (Wildman–Crippen LogP) is 1.86. The molecule has 1 N–H and O–H groups in total. The van der Waals surface area contributed by atoms with Crippen molar-refractivity contribution in [3.05, 3.63) is 33.9 Å². The molecule has 0 radical (unpaired) electrons. The number of rotatable bonds is 3. The summed E-state index contributed by atoms with van der Waals surface area (Å²) in [5.74, 6) is 0. The van der Waals surface area contributed by atoms with Gasteiger partial charge in [-0.05, 0) is 25.0 Å². The van der Waals surface area contributed by atoms with Gasteiger partial charge < -0.3 is 10.0 Å². The summed E-state index contributed by atoms with van der Waals surface area (Å²) in [6.45, 7) is 5.01. The highest BCUT2D eigenvalue weighted by molar-refractivity contribution is 5.59. The molecule has 17 heavy (non-hydrogen) atoms. The molecule has 2 rings (SSSR count). The Hall–Kier alpha value is -1.62. The highest BCUT2D eigenvalue weighted by Crippen LogP contribution is 2.33. The van der Waals surface area contributed by atoms with Gasteiger partial charge in [0.1, 0.15) is 0 Å². The summed E-state index contributed by atoms with van der Waals surface area (Å²) in [7, 11) is 0. The molecule has 5 nitrogen and oxygen atoms in total. The van der Waals surface area contributed by atoms with Crippen molar-refractivity contribution in [1.29, 1.82) is 0 Å². The molecule has 0 bridgehead atoms. The molecule has 1 aliphatic heterocycles. The maximum atomic E-state index is 10.6. The van der Waals surface area contributed by atoms with Gasteiger partial charge in [-0.3, -0.25) is 10.1 Å². The molecule has 92 valence electrons. The summed E-state index contributed by atoms with van der Waals surface area (Å²) in [5, 5.41) is 20.6. The molecule has 0 aliphatic carbocycles. The van der Waals surface area contributed by atoms with Crippen LogP contribution < -0.4 is 4.90 Å². The van der Waals surface area contributed by atoms with Gasteiger partial charge in [-0.25, -0.2) is 0 Å². The number of non-ortho nitro benzene ring substituents is 1. The summed E-state index contributed by atoms with van der Waals surface area (Å²) < 4.78 is 0. The van der Waals surface area contributed by atoms with Gasteiger partial charge in [0.05, 0.1) is 10.5 Å². The Morgan fingerprint density at radius 1 is 1.53 bits per heavy atom. The fourth-order valence-electron chi connectivity index (χ4n) is 2.17. The van der Waals surface area contributed by atoms with Crippen LogP contribution in [-0.4, -0.2) is 28.7 Å². The molecule has 0 spiro atoms. The van der Waals surface area contributed by atoms with E-state index in [9.17, 15) is 15.2 Å². The highest BCUT2D eigenvalue weighted by Gasteiger charge is 2.40. The monoisotopic (exact) mass is 236 g/mol. The minimum absolute atomic E-state index is 0.109. The van der Waals surface area contributed by atoms with Crippen molar-refractivity contribution in [2.45, 2.75) is 25.9 Å². The van der Waals surface area contributed by atoms with Crippen LogP contribution in [0.5, 0.6) is 0 Å². The molecule has 5 heteroatoms. The van der Waals surface area contributed by atoms with Gasteiger partial charge in [-0.15, -0.1) is 0 Å². The van der Waals surface area contributed by atoms with Crippen LogP contribution in [0.1, 0.15) is 18.9 Å². The second-order valence-corrected chi connectivity index (χ2v) is 4.66. The summed E-state index contributed by atoms with van der Waals surface area (Å²) in [5.41, 5.74) is 1.36. The third kappa shape index (κ3) is 2.10. The molecule has 0 unspecified atom stereocenters. The number of hydrogen-bond donors (Lipinski definition) is 1. The van der Waals surface area contributed by atoms with Crippen molar-refractivity contribution in [2.75, 3.05) is 18.0 Å². The van der Waals surface area contributed by atoms with Crippen LogP contribution in [0, 0.1) is 17.0 Å². The van der Waals surface area contributed by atoms with E-state index in [0.29, 0.717) is 13.1 Å². The average Bonchev–Trinajstić information content (AvgIpc) is 2.25. The Balaban J connectivity index is 2.17. The number of β-amino-alcohol motifs (C(OH)–C–C–N with tert-alkyl or cyclic N) is 1. The number of hydrogen-bond acceptors (Lipinski definition) is 4. The Morgan fingerprint density at radius 3 is 2.65 bits per heavy atom. The maximum absolute atomic E-state index is 10.6. The van der Waals surface area contributed by atoms with Gasteiger partial charge >= 0.3 is 0 Å². The van der Waals surface area contributed by atoms with Gasteiger partial charge in [0.15, 0.2) is 0 Å². The molecule has 1 fully saturated rings. The summed E-state index contributed by atoms with van der Waals surface area (Å²) >= 11 is 0. The lowest BCUT2D eigenvalue weighted by atomic mass is 9.90. The molecule has 1 aromatic rings. The van der Waals surface area contributed by atoms with Crippen molar-refractivity contribution in [2.24, 2.45) is 0 Å². The minimum atomic E-state index is -0.589. The van der Waals surface area contributed by atoms with E-state index in [-0.39, 0.29) is 5.69 Å². The lowest BCUT2D eigenvalue weighted by Gasteiger charge is -2.48. The molecule has 0 saturated carbocycles. The van der Waals surface area contributed by atoms with Gasteiger partial charge in [-0.1, -0.05) is 6.92 Å². The van der Waals surface area contributed by atoms with E-state index in [1.807, 2.05) is 18.7 Å². The van der Waals surface area contributed by atoms with Crippen LogP contribution in [-0.2, 0) is 0 Å². The number of aryl methyl sites for hydroxylation is 1. The van der Waals surface area contributed by atoms with Crippen molar-refractivity contribution in [1.82, 2.24) is 0 Å². The maximum Gasteiger partial charge on any atom is 0.269 e. The van der Waals surface area contributed by atoms with E-state index in [4.69, 9.17) is 0 Å². The second kappa shape index (κ2) is 4.00. The summed E-state index contributed by atoms with van der Waals surface area (Å²) in [6, 6.07) is 4.83. The number of anilines is 1. The lowest BCUT2D eigenvalue weighted by molar-refractivity contribution is -0.384. The lowest BCUT2D eigenvalue weighted by Crippen LogP contribution is -2.61. The highest BCUT2D eigenvalue weighted by atomic mass is 16.6. The van der Waals surface area contributed by atoms with Crippen LogP contribution in [0.3, 0.4) is 0 Å². The first-order valence-electron chi connectivity index (χ1n) is 5.67. The zero-order valence-electron chi connectivity index (χ0n) is 10.0. The number of benzene rings is 1. The first-order valence-corrected chi connectivity index (χ1v) is 5.67. The third-order valence-electron chi connectivity index (χ3n) is 3.36. The smallest absolute Gasteiger partial charge is 0.269 e. The zero-order chi connectivity index (χ0) is 12.6. The van der Waals surface area contributed by atoms with Crippen molar-refractivity contribution >= 4 is 11.4 Å². The molecule has 0 amide bonds. The summed E-state index contributed by atoms with van der Waals surface area (Å²) in [4.78, 5) is 12.3. The van der Waals surface area contributed by atoms with Gasteiger partial charge in [-0.2, -0.15) is 0 Å². The third-order valence-corrected chi connectivity index (χ3v) is 3.36. The SMILES string of the molecule is CCC1(O)CN(c2ccc([N+](=O)[O-])cc2C)C1. The van der Waals surface area contributed by atoms with E-state index in [1.54, 1.807) is 12.1 Å². The zero-order valence-corrected chi connectivity index (χ0v) is 10.0. The predicted molar refractivity (Wildman–Crippen MR) is 65.3 cm³/mol. The van der Waals surface area contributed by atoms with Crippen LogP contribution >= 0.6 is 0 Å². The topological polar surface area (TPSA) is 66.6 Å². The molecule has 0 atom stereocenters. The molecule has 1 heterocycles. The quantitative estimate of drug-likeness (QED) is 0.642. The van der Waals surface area contributed by atoms with E-state index in [1.165, 1.54) is 6.07 Å². The number of nitro benzene ring substituents is 1. The Labute approximate surface area is 99.8 Å².